The molecule has 2 aromatic heterocycles. The third-order valence-corrected chi connectivity index (χ3v) is 3.82. The van der Waals surface area contributed by atoms with E-state index in [1.807, 2.05) is 32.3 Å². The second-order valence-corrected chi connectivity index (χ2v) is 5.46. The fraction of sp³-hybridized carbons (Fsp3) is 0.438. The van der Waals surface area contributed by atoms with E-state index in [1.165, 1.54) is 18.4 Å². The van der Waals surface area contributed by atoms with E-state index < -0.39 is 0 Å². The van der Waals surface area contributed by atoms with Crippen LogP contribution in [0.25, 0.3) is 0 Å². The smallest absolute Gasteiger partial charge is 0.125 e. The third-order valence-electron chi connectivity index (χ3n) is 3.82. The quantitative estimate of drug-likeness (QED) is 0.858. The second-order valence-electron chi connectivity index (χ2n) is 5.46. The monoisotopic (exact) mass is 268 g/mol. The molecule has 0 saturated carbocycles. The summed E-state index contributed by atoms with van der Waals surface area (Å²) in [5.74, 6) is 0.858. The Hall–Kier alpha value is -1.81. The minimum atomic E-state index is 0.472. The SMILES string of the molecule is Cc1cc(CN2CCCC2c2cccnc2)nc(C)n1. The van der Waals surface area contributed by atoms with Crippen molar-refractivity contribution in [2.75, 3.05) is 6.54 Å². The molecular weight excluding hydrogens is 248 g/mol. The molecule has 1 atom stereocenters. The molecule has 3 rings (SSSR count). The molecule has 104 valence electrons. The summed E-state index contributed by atoms with van der Waals surface area (Å²) in [5, 5.41) is 0. The highest BCUT2D eigenvalue weighted by Crippen LogP contribution is 2.32. The van der Waals surface area contributed by atoms with Gasteiger partial charge in [0, 0.05) is 30.7 Å². The first-order chi connectivity index (χ1) is 9.72. The van der Waals surface area contributed by atoms with Crippen molar-refractivity contribution >= 4 is 0 Å². The van der Waals surface area contributed by atoms with Gasteiger partial charge in [-0.1, -0.05) is 6.07 Å². The first-order valence-electron chi connectivity index (χ1n) is 7.17. The normalized spacial score (nSPS) is 19.4. The van der Waals surface area contributed by atoms with Crippen LogP contribution in [0.5, 0.6) is 0 Å². The highest BCUT2D eigenvalue weighted by atomic mass is 15.2. The Morgan fingerprint density at radius 2 is 2.20 bits per heavy atom. The number of hydrogen-bond acceptors (Lipinski definition) is 4. The van der Waals surface area contributed by atoms with Crippen LogP contribution in [-0.4, -0.2) is 26.4 Å². The van der Waals surface area contributed by atoms with Gasteiger partial charge in [-0.05, 0) is 50.9 Å². The molecule has 4 nitrogen and oxygen atoms in total. The zero-order valence-electron chi connectivity index (χ0n) is 12.1. The van der Waals surface area contributed by atoms with Crippen LogP contribution in [0.4, 0.5) is 0 Å². The lowest BCUT2D eigenvalue weighted by molar-refractivity contribution is 0.245. The van der Waals surface area contributed by atoms with E-state index in [1.54, 1.807) is 0 Å². The molecule has 0 spiro atoms. The van der Waals surface area contributed by atoms with Crippen LogP contribution in [0.2, 0.25) is 0 Å². The maximum atomic E-state index is 4.56. The molecule has 2 aromatic rings. The Morgan fingerprint density at radius 3 is 2.95 bits per heavy atom. The first-order valence-corrected chi connectivity index (χ1v) is 7.17. The van der Waals surface area contributed by atoms with Gasteiger partial charge in [-0.2, -0.15) is 0 Å². The molecule has 1 fully saturated rings. The zero-order chi connectivity index (χ0) is 13.9. The predicted octanol–water partition coefficient (Wildman–Crippen LogP) is 2.83. The molecule has 0 N–H and O–H groups in total. The summed E-state index contributed by atoms with van der Waals surface area (Å²) < 4.78 is 0. The molecular formula is C16H20N4. The number of aryl methyl sites for hydroxylation is 2. The molecule has 1 aliphatic heterocycles. The van der Waals surface area contributed by atoms with E-state index in [9.17, 15) is 0 Å². The van der Waals surface area contributed by atoms with E-state index in [0.29, 0.717) is 6.04 Å². The summed E-state index contributed by atoms with van der Waals surface area (Å²) in [4.78, 5) is 15.6. The standard InChI is InChI=1S/C16H20N4/c1-12-9-15(19-13(2)18-12)11-20-8-4-6-16(20)14-5-3-7-17-10-14/h3,5,7,9-10,16H,4,6,8,11H2,1-2H3. The first kappa shape index (κ1) is 13.2. The van der Waals surface area contributed by atoms with Crippen molar-refractivity contribution in [3.05, 3.63) is 53.4 Å². The Morgan fingerprint density at radius 1 is 1.30 bits per heavy atom. The van der Waals surface area contributed by atoms with Gasteiger partial charge in [0.05, 0.1) is 5.69 Å². The van der Waals surface area contributed by atoms with Gasteiger partial charge in [-0.25, -0.2) is 9.97 Å². The zero-order valence-corrected chi connectivity index (χ0v) is 12.1. The third kappa shape index (κ3) is 2.85. The summed E-state index contributed by atoms with van der Waals surface area (Å²) >= 11 is 0. The molecule has 4 heteroatoms. The van der Waals surface area contributed by atoms with Gasteiger partial charge in [-0.15, -0.1) is 0 Å². The molecule has 0 radical (unpaired) electrons. The summed E-state index contributed by atoms with van der Waals surface area (Å²) in [6, 6.07) is 6.75. The number of hydrogen-bond donors (Lipinski definition) is 0. The number of pyridine rings is 1. The van der Waals surface area contributed by atoms with Crippen LogP contribution in [0.1, 0.15) is 41.7 Å². The Bertz CT molecular complexity index is 562. The van der Waals surface area contributed by atoms with Crippen molar-refractivity contribution < 1.29 is 0 Å². The molecule has 0 aliphatic carbocycles. The van der Waals surface area contributed by atoms with Gasteiger partial charge in [0.1, 0.15) is 5.82 Å². The van der Waals surface area contributed by atoms with Gasteiger partial charge >= 0.3 is 0 Å². The molecule has 1 unspecified atom stereocenters. The second kappa shape index (κ2) is 5.67. The van der Waals surface area contributed by atoms with Crippen molar-refractivity contribution in [2.24, 2.45) is 0 Å². The van der Waals surface area contributed by atoms with Crippen molar-refractivity contribution in [1.29, 1.82) is 0 Å². The molecule has 1 saturated heterocycles. The van der Waals surface area contributed by atoms with Crippen LogP contribution in [0.15, 0.2) is 30.6 Å². The summed E-state index contributed by atoms with van der Waals surface area (Å²) in [7, 11) is 0. The van der Waals surface area contributed by atoms with E-state index in [0.717, 1.165) is 30.3 Å². The number of aromatic nitrogens is 3. The minimum absolute atomic E-state index is 0.472. The Labute approximate surface area is 119 Å². The van der Waals surface area contributed by atoms with E-state index in [4.69, 9.17) is 0 Å². The summed E-state index contributed by atoms with van der Waals surface area (Å²) in [5.41, 5.74) is 3.47. The molecule has 0 bridgehead atoms. The lowest BCUT2D eigenvalue weighted by Gasteiger charge is -2.24. The number of likely N-dealkylation sites (tertiary alicyclic amines) is 1. The molecule has 1 aliphatic rings. The van der Waals surface area contributed by atoms with Gasteiger partial charge in [0.2, 0.25) is 0 Å². The highest BCUT2D eigenvalue weighted by Gasteiger charge is 2.26. The number of rotatable bonds is 3. The maximum Gasteiger partial charge on any atom is 0.125 e. The van der Waals surface area contributed by atoms with Crippen molar-refractivity contribution in [1.82, 2.24) is 19.9 Å². The van der Waals surface area contributed by atoms with Crippen LogP contribution in [-0.2, 0) is 6.54 Å². The molecule has 3 heterocycles. The van der Waals surface area contributed by atoms with Crippen molar-refractivity contribution in [3.63, 3.8) is 0 Å². The van der Waals surface area contributed by atoms with Gasteiger partial charge in [0.25, 0.3) is 0 Å². The maximum absolute atomic E-state index is 4.56. The number of nitrogens with zero attached hydrogens (tertiary/aromatic N) is 4. The highest BCUT2D eigenvalue weighted by molar-refractivity contribution is 5.17. The summed E-state index contributed by atoms with van der Waals surface area (Å²) in [6.07, 6.45) is 6.26. The van der Waals surface area contributed by atoms with E-state index in [2.05, 4.69) is 32.0 Å². The van der Waals surface area contributed by atoms with Crippen LogP contribution in [0, 0.1) is 13.8 Å². The van der Waals surface area contributed by atoms with Crippen LogP contribution < -0.4 is 0 Å². The fourth-order valence-electron chi connectivity index (χ4n) is 3.05. The molecule has 0 aromatic carbocycles. The van der Waals surface area contributed by atoms with Gasteiger partial charge < -0.3 is 0 Å². The molecule has 0 amide bonds. The minimum Gasteiger partial charge on any atom is -0.290 e. The summed E-state index contributed by atoms with van der Waals surface area (Å²) in [6.45, 7) is 6.01. The van der Waals surface area contributed by atoms with E-state index >= 15 is 0 Å². The molecule has 20 heavy (non-hydrogen) atoms. The largest absolute Gasteiger partial charge is 0.290 e. The topological polar surface area (TPSA) is 41.9 Å². The lowest BCUT2D eigenvalue weighted by atomic mass is 10.1. The fourth-order valence-corrected chi connectivity index (χ4v) is 3.05. The lowest BCUT2D eigenvalue weighted by Crippen LogP contribution is -2.23. The van der Waals surface area contributed by atoms with Crippen LogP contribution in [0.3, 0.4) is 0 Å². The van der Waals surface area contributed by atoms with E-state index in [-0.39, 0.29) is 0 Å². The van der Waals surface area contributed by atoms with Crippen molar-refractivity contribution in [3.8, 4) is 0 Å². The van der Waals surface area contributed by atoms with Crippen molar-refractivity contribution in [2.45, 2.75) is 39.3 Å². The van der Waals surface area contributed by atoms with Gasteiger partial charge in [0.15, 0.2) is 0 Å². The Balaban J connectivity index is 1.79. The Kier molecular flexibility index (Phi) is 3.74. The average molecular weight is 268 g/mol. The predicted molar refractivity (Wildman–Crippen MR) is 78.1 cm³/mol. The van der Waals surface area contributed by atoms with Crippen LogP contribution >= 0.6 is 0 Å². The van der Waals surface area contributed by atoms with Gasteiger partial charge in [-0.3, -0.25) is 9.88 Å². The average Bonchev–Trinajstić information content (AvgIpc) is 2.86.